The molecular weight excluding hydrogens is 527 g/mol. The van der Waals surface area contributed by atoms with Gasteiger partial charge in [-0.25, -0.2) is 13.2 Å². The molecule has 5 nitrogen and oxygen atoms in total. The third-order valence-electron chi connectivity index (χ3n) is 8.65. The third kappa shape index (κ3) is 6.52. The molecule has 5 rings (SSSR count). The average Bonchev–Trinajstić information content (AvgIpc) is 3.46. The monoisotopic (exact) mass is 565 g/mol. The van der Waals surface area contributed by atoms with E-state index in [4.69, 9.17) is 0 Å². The zero-order valence-corrected chi connectivity index (χ0v) is 23.6. The van der Waals surface area contributed by atoms with Gasteiger partial charge in [-0.05, 0) is 68.9 Å². The molecule has 218 valence electrons. The SMILES string of the molecule is Cc1cccc(F)c1C(=O)N1CCCC(C(=O)Nc2cccc(C(C)(F)F)c2)C1[C@@H]1C=CC(NC2CCCC2)=CC1. The lowest BCUT2D eigenvalue weighted by Crippen LogP contribution is -2.55. The predicted molar refractivity (Wildman–Crippen MR) is 154 cm³/mol. The second-order valence-electron chi connectivity index (χ2n) is 11.7. The molecule has 1 heterocycles. The van der Waals surface area contributed by atoms with Crippen molar-refractivity contribution in [2.45, 2.75) is 76.8 Å². The van der Waals surface area contributed by atoms with Gasteiger partial charge < -0.3 is 15.5 Å². The Morgan fingerprint density at radius 3 is 2.46 bits per heavy atom. The van der Waals surface area contributed by atoms with Gasteiger partial charge in [-0.3, -0.25) is 9.59 Å². The maximum Gasteiger partial charge on any atom is 0.270 e. The number of nitrogens with one attached hydrogen (secondary N) is 2. The lowest BCUT2D eigenvalue weighted by molar-refractivity contribution is -0.123. The Balaban J connectivity index is 1.42. The van der Waals surface area contributed by atoms with Gasteiger partial charge in [-0.15, -0.1) is 0 Å². The Bertz CT molecular complexity index is 1320. The molecule has 0 aromatic heterocycles. The van der Waals surface area contributed by atoms with E-state index in [-0.39, 0.29) is 28.6 Å². The number of hydrogen-bond donors (Lipinski definition) is 2. The first kappa shape index (κ1) is 29.0. The van der Waals surface area contributed by atoms with Gasteiger partial charge in [-0.2, -0.15) is 0 Å². The highest BCUT2D eigenvalue weighted by Crippen LogP contribution is 2.37. The standard InChI is InChI=1S/C33H38F3N3O2/c1-21-8-5-14-28(34)29(21)32(41)39-19-7-13-27(31(40)38-26-12-6-9-23(20-26)33(2,35)36)30(39)22-15-17-25(18-16-22)37-24-10-3-4-11-24/h5-6,8-9,12,14-15,17-18,20,22,24,27,30,37H,3-4,7,10-11,13,16,19H2,1-2H3,(H,38,40)/t22-,27?,30?/m1/s1. The van der Waals surface area contributed by atoms with Gasteiger partial charge >= 0.3 is 0 Å². The van der Waals surface area contributed by atoms with Crippen molar-refractivity contribution in [1.82, 2.24) is 10.2 Å². The first-order valence-electron chi connectivity index (χ1n) is 14.6. The zero-order chi connectivity index (χ0) is 29.1. The molecule has 2 unspecified atom stereocenters. The Morgan fingerprint density at radius 2 is 1.78 bits per heavy atom. The number of benzene rings is 2. The van der Waals surface area contributed by atoms with Gasteiger partial charge in [0.1, 0.15) is 5.82 Å². The second-order valence-corrected chi connectivity index (χ2v) is 11.7. The summed E-state index contributed by atoms with van der Waals surface area (Å²) in [6, 6.07) is 10.2. The summed E-state index contributed by atoms with van der Waals surface area (Å²) in [4.78, 5) is 29.3. The van der Waals surface area contributed by atoms with Crippen molar-refractivity contribution in [3.63, 3.8) is 0 Å². The number of aryl methyl sites for hydroxylation is 1. The molecule has 0 radical (unpaired) electrons. The fourth-order valence-electron chi connectivity index (χ4n) is 6.53. The summed E-state index contributed by atoms with van der Waals surface area (Å²) >= 11 is 0. The number of hydrogen-bond acceptors (Lipinski definition) is 3. The van der Waals surface area contributed by atoms with Gasteiger partial charge in [0.05, 0.1) is 17.5 Å². The highest BCUT2D eigenvalue weighted by molar-refractivity contribution is 5.98. The van der Waals surface area contributed by atoms with E-state index in [1.54, 1.807) is 30.0 Å². The molecule has 3 aliphatic rings. The van der Waals surface area contributed by atoms with Crippen LogP contribution in [0.3, 0.4) is 0 Å². The fourth-order valence-corrected chi connectivity index (χ4v) is 6.53. The minimum Gasteiger partial charge on any atom is -0.383 e. The smallest absolute Gasteiger partial charge is 0.270 e. The average molecular weight is 566 g/mol. The van der Waals surface area contributed by atoms with Crippen molar-refractivity contribution in [2.24, 2.45) is 11.8 Å². The zero-order valence-electron chi connectivity index (χ0n) is 23.6. The summed E-state index contributed by atoms with van der Waals surface area (Å²) < 4.78 is 42.8. The van der Waals surface area contributed by atoms with Crippen molar-refractivity contribution >= 4 is 17.5 Å². The molecule has 2 fully saturated rings. The van der Waals surface area contributed by atoms with Gasteiger partial charge in [0.25, 0.3) is 11.8 Å². The Hall–Kier alpha value is -3.55. The molecule has 2 aliphatic carbocycles. The second kappa shape index (κ2) is 12.1. The van der Waals surface area contributed by atoms with Gasteiger partial charge in [0.2, 0.25) is 5.91 Å². The number of likely N-dealkylation sites (tertiary alicyclic amines) is 1. The minimum absolute atomic E-state index is 0.0235. The summed E-state index contributed by atoms with van der Waals surface area (Å²) in [5.41, 5.74) is 1.70. The molecule has 2 N–H and O–H groups in total. The van der Waals surface area contributed by atoms with E-state index >= 15 is 0 Å². The Labute approximate surface area is 239 Å². The molecule has 2 aromatic carbocycles. The summed E-state index contributed by atoms with van der Waals surface area (Å²) in [6.45, 7) is 2.93. The normalized spacial score (nSPS) is 23.3. The summed E-state index contributed by atoms with van der Waals surface area (Å²) in [6.07, 6.45) is 12.7. The van der Waals surface area contributed by atoms with E-state index in [0.29, 0.717) is 37.4 Å². The lowest BCUT2D eigenvalue weighted by Gasteiger charge is -2.44. The van der Waals surface area contributed by atoms with Crippen molar-refractivity contribution in [1.29, 1.82) is 0 Å². The number of alkyl halides is 2. The van der Waals surface area contributed by atoms with Crippen LogP contribution >= 0.6 is 0 Å². The lowest BCUT2D eigenvalue weighted by atomic mass is 9.77. The number of amides is 2. The van der Waals surface area contributed by atoms with Crippen LogP contribution in [0.1, 0.15) is 73.4 Å². The topological polar surface area (TPSA) is 61.4 Å². The van der Waals surface area contributed by atoms with Crippen LogP contribution < -0.4 is 10.6 Å². The van der Waals surface area contributed by atoms with Crippen LogP contribution in [0, 0.1) is 24.6 Å². The summed E-state index contributed by atoms with van der Waals surface area (Å²) in [5, 5.41) is 6.44. The molecule has 3 atom stereocenters. The number of carbonyl (C=O) groups excluding carboxylic acids is 2. The molecule has 1 saturated carbocycles. The maximum absolute atomic E-state index is 14.9. The van der Waals surface area contributed by atoms with Crippen LogP contribution in [0.25, 0.3) is 0 Å². The number of carbonyl (C=O) groups is 2. The van der Waals surface area contributed by atoms with Crippen LogP contribution in [-0.2, 0) is 10.7 Å². The first-order valence-corrected chi connectivity index (χ1v) is 14.6. The fraction of sp³-hybridized carbons (Fsp3) is 0.455. The molecule has 8 heteroatoms. The van der Waals surface area contributed by atoms with Crippen molar-refractivity contribution in [3.05, 3.63) is 88.9 Å². The number of rotatable bonds is 7. The van der Waals surface area contributed by atoms with E-state index in [1.165, 1.54) is 37.1 Å². The molecule has 1 saturated heterocycles. The molecule has 0 bridgehead atoms. The molecule has 41 heavy (non-hydrogen) atoms. The van der Waals surface area contributed by atoms with Crippen molar-refractivity contribution < 1.29 is 22.8 Å². The highest BCUT2D eigenvalue weighted by atomic mass is 19.3. The maximum atomic E-state index is 14.9. The van der Waals surface area contributed by atoms with Crippen molar-refractivity contribution in [2.75, 3.05) is 11.9 Å². The van der Waals surface area contributed by atoms with Gasteiger partial charge in [0.15, 0.2) is 0 Å². The molecule has 1 aliphatic heterocycles. The van der Waals surface area contributed by atoms with Crippen LogP contribution in [0.5, 0.6) is 0 Å². The molecular formula is C33H38F3N3O2. The van der Waals surface area contributed by atoms with Gasteiger partial charge in [0, 0.05) is 42.4 Å². The largest absolute Gasteiger partial charge is 0.383 e. The van der Waals surface area contributed by atoms with E-state index < -0.39 is 29.6 Å². The highest BCUT2D eigenvalue weighted by Gasteiger charge is 2.43. The number of halogens is 3. The van der Waals surface area contributed by atoms with E-state index in [9.17, 15) is 22.8 Å². The first-order chi connectivity index (χ1) is 19.6. The number of allylic oxidation sites excluding steroid dienone is 2. The molecule has 2 aromatic rings. The van der Waals surface area contributed by atoms with Crippen LogP contribution in [0.15, 0.2) is 66.4 Å². The molecule has 0 spiro atoms. The predicted octanol–water partition coefficient (Wildman–Crippen LogP) is 7.10. The third-order valence-corrected chi connectivity index (χ3v) is 8.65. The van der Waals surface area contributed by atoms with Gasteiger partial charge in [-0.1, -0.05) is 49.3 Å². The van der Waals surface area contributed by atoms with E-state index in [0.717, 1.165) is 25.5 Å². The number of anilines is 1. The summed E-state index contributed by atoms with van der Waals surface area (Å²) in [7, 11) is 0. The minimum atomic E-state index is -3.04. The Kier molecular flexibility index (Phi) is 8.57. The van der Waals surface area contributed by atoms with Crippen LogP contribution in [-0.4, -0.2) is 35.3 Å². The number of piperidine rings is 1. The Morgan fingerprint density at radius 1 is 1.02 bits per heavy atom. The number of nitrogens with zero attached hydrogens (tertiary/aromatic N) is 1. The summed E-state index contributed by atoms with van der Waals surface area (Å²) in [5.74, 6) is -5.15. The van der Waals surface area contributed by atoms with Crippen LogP contribution in [0.2, 0.25) is 0 Å². The van der Waals surface area contributed by atoms with Crippen LogP contribution in [0.4, 0.5) is 18.9 Å². The van der Waals surface area contributed by atoms with E-state index in [1.807, 2.05) is 6.08 Å². The quantitative estimate of drug-likeness (QED) is 0.377. The van der Waals surface area contributed by atoms with E-state index in [2.05, 4.69) is 22.8 Å². The van der Waals surface area contributed by atoms with Crippen molar-refractivity contribution in [3.8, 4) is 0 Å². The molecule has 2 amide bonds.